The highest BCUT2D eigenvalue weighted by Gasteiger charge is 2.29. The van der Waals surface area contributed by atoms with Crippen LogP contribution in [0.5, 0.6) is 5.75 Å². The number of H-pyrrole nitrogens is 1. The number of hydrogen-bond acceptors (Lipinski definition) is 5. The van der Waals surface area contributed by atoms with E-state index in [0.29, 0.717) is 31.8 Å². The minimum atomic E-state index is -0.583. The first-order chi connectivity index (χ1) is 15.8. The van der Waals surface area contributed by atoms with Gasteiger partial charge in [-0.15, -0.1) is 0 Å². The van der Waals surface area contributed by atoms with Gasteiger partial charge in [0.25, 0.3) is 11.5 Å². The molecule has 174 valence electrons. The quantitative estimate of drug-likeness (QED) is 0.569. The molecule has 3 aromatic rings. The van der Waals surface area contributed by atoms with Gasteiger partial charge in [0, 0.05) is 25.2 Å². The number of hydrogen-bond donors (Lipinski definition) is 1. The summed E-state index contributed by atoms with van der Waals surface area (Å²) >= 11 is 0. The molecule has 1 saturated carbocycles. The number of aryl methyl sites for hydroxylation is 3. The van der Waals surface area contributed by atoms with Gasteiger partial charge in [-0.1, -0.05) is 13.0 Å². The summed E-state index contributed by atoms with van der Waals surface area (Å²) in [7, 11) is 1.69. The van der Waals surface area contributed by atoms with Crippen molar-refractivity contribution in [3.05, 3.63) is 67.5 Å². The van der Waals surface area contributed by atoms with Crippen molar-refractivity contribution in [2.75, 3.05) is 20.2 Å². The number of nitrogens with one attached hydrogen (secondary N) is 1. The fourth-order valence-electron chi connectivity index (χ4n) is 4.11. The Kier molecular flexibility index (Phi) is 6.35. The second-order valence-electron chi connectivity index (χ2n) is 8.88. The second kappa shape index (κ2) is 9.21. The van der Waals surface area contributed by atoms with Crippen molar-refractivity contribution in [3.8, 4) is 5.75 Å². The Bertz CT molecular complexity index is 1300. The summed E-state index contributed by atoms with van der Waals surface area (Å²) in [5.41, 5.74) is 2.48. The first-order valence-corrected chi connectivity index (χ1v) is 11.4. The van der Waals surface area contributed by atoms with Crippen LogP contribution in [0.4, 0.5) is 0 Å². The summed E-state index contributed by atoms with van der Waals surface area (Å²) in [4.78, 5) is 47.2. The summed E-state index contributed by atoms with van der Waals surface area (Å²) in [6, 6.07) is 7.71. The number of likely N-dealkylation sites (N-methyl/N-ethyl adjacent to an activating group) is 1. The van der Waals surface area contributed by atoms with Gasteiger partial charge < -0.3 is 9.64 Å². The van der Waals surface area contributed by atoms with E-state index in [1.54, 1.807) is 18.0 Å². The SMILES string of the molecule is CCCn1c(=O)[nH]c(=O)c2c(C(=O)N(C)CCOc3cc(C)cc(C)c3)cc(C3CC3)nc21. The van der Waals surface area contributed by atoms with Crippen molar-refractivity contribution >= 4 is 16.9 Å². The fourth-order valence-corrected chi connectivity index (χ4v) is 4.11. The predicted molar refractivity (Wildman–Crippen MR) is 127 cm³/mol. The van der Waals surface area contributed by atoms with Crippen LogP contribution in [0.25, 0.3) is 11.0 Å². The van der Waals surface area contributed by atoms with Gasteiger partial charge in [-0.25, -0.2) is 9.78 Å². The van der Waals surface area contributed by atoms with Gasteiger partial charge in [-0.05, 0) is 62.4 Å². The Morgan fingerprint density at radius 3 is 2.52 bits per heavy atom. The number of carbonyl (C=O) groups is 1. The molecule has 8 heteroatoms. The van der Waals surface area contributed by atoms with Crippen LogP contribution in [0.2, 0.25) is 0 Å². The summed E-state index contributed by atoms with van der Waals surface area (Å²) in [5.74, 6) is 0.739. The summed E-state index contributed by atoms with van der Waals surface area (Å²) in [6.45, 7) is 7.06. The van der Waals surface area contributed by atoms with Gasteiger partial charge >= 0.3 is 5.69 Å². The van der Waals surface area contributed by atoms with Crippen molar-refractivity contribution in [2.24, 2.45) is 0 Å². The summed E-state index contributed by atoms with van der Waals surface area (Å²) < 4.78 is 7.32. The smallest absolute Gasteiger partial charge is 0.329 e. The molecule has 0 spiro atoms. The highest BCUT2D eigenvalue weighted by Crippen LogP contribution is 2.40. The Morgan fingerprint density at radius 2 is 1.88 bits per heavy atom. The van der Waals surface area contributed by atoms with Crippen LogP contribution in [-0.2, 0) is 6.54 Å². The number of fused-ring (bicyclic) bond motifs is 1. The molecule has 0 unspecified atom stereocenters. The lowest BCUT2D eigenvalue weighted by Crippen LogP contribution is -2.35. The van der Waals surface area contributed by atoms with E-state index in [-0.39, 0.29) is 22.8 Å². The third-order valence-electron chi connectivity index (χ3n) is 5.88. The third kappa shape index (κ3) is 4.84. The number of aromatic amines is 1. The molecular weight excluding hydrogens is 420 g/mol. The standard InChI is InChI=1S/C25H30N4O4/c1-5-8-29-22-21(23(30)27-25(29)32)19(14-20(26-22)17-6-7-17)24(31)28(4)9-10-33-18-12-15(2)11-16(3)13-18/h11-14,17H,5-10H2,1-4H3,(H,27,30,32). The maximum absolute atomic E-state index is 13.4. The van der Waals surface area contributed by atoms with E-state index < -0.39 is 11.2 Å². The first-order valence-electron chi connectivity index (χ1n) is 11.4. The van der Waals surface area contributed by atoms with E-state index in [2.05, 4.69) is 16.0 Å². The molecule has 2 aromatic heterocycles. The Morgan fingerprint density at radius 1 is 1.18 bits per heavy atom. The molecule has 0 atom stereocenters. The van der Waals surface area contributed by atoms with Crippen molar-refractivity contribution < 1.29 is 9.53 Å². The monoisotopic (exact) mass is 450 g/mol. The maximum atomic E-state index is 13.4. The molecule has 0 aliphatic heterocycles. The number of nitrogens with zero attached hydrogens (tertiary/aromatic N) is 3. The van der Waals surface area contributed by atoms with E-state index in [1.807, 2.05) is 32.9 Å². The molecule has 33 heavy (non-hydrogen) atoms. The highest BCUT2D eigenvalue weighted by atomic mass is 16.5. The molecule has 1 aliphatic carbocycles. The molecule has 8 nitrogen and oxygen atoms in total. The van der Waals surface area contributed by atoms with E-state index in [1.165, 1.54) is 4.57 Å². The van der Waals surface area contributed by atoms with Gasteiger partial charge in [0.2, 0.25) is 0 Å². The van der Waals surface area contributed by atoms with Crippen molar-refractivity contribution in [2.45, 2.75) is 52.5 Å². The number of carbonyl (C=O) groups excluding carboxylic acids is 1. The molecule has 4 rings (SSSR count). The molecule has 0 saturated heterocycles. The Labute approximate surface area is 192 Å². The van der Waals surface area contributed by atoms with Gasteiger partial charge in [0.1, 0.15) is 12.4 Å². The number of rotatable bonds is 8. The largest absolute Gasteiger partial charge is 0.492 e. The number of amides is 1. The number of benzene rings is 1. The van der Waals surface area contributed by atoms with Crippen LogP contribution in [0, 0.1) is 13.8 Å². The number of aromatic nitrogens is 3. The Hall–Kier alpha value is -3.42. The van der Waals surface area contributed by atoms with Gasteiger partial charge in [0.05, 0.1) is 17.5 Å². The zero-order valence-electron chi connectivity index (χ0n) is 19.6. The lowest BCUT2D eigenvalue weighted by molar-refractivity contribution is 0.0775. The van der Waals surface area contributed by atoms with E-state index in [9.17, 15) is 14.4 Å². The molecule has 1 aromatic carbocycles. The van der Waals surface area contributed by atoms with Crippen molar-refractivity contribution in [3.63, 3.8) is 0 Å². The predicted octanol–water partition coefficient (Wildman–Crippen LogP) is 3.14. The topological polar surface area (TPSA) is 97.3 Å². The molecule has 1 fully saturated rings. The summed E-state index contributed by atoms with van der Waals surface area (Å²) in [5, 5.41) is 0.166. The number of pyridine rings is 1. The molecule has 1 aliphatic rings. The number of ether oxygens (including phenoxy) is 1. The van der Waals surface area contributed by atoms with Gasteiger partial charge in [-0.2, -0.15) is 0 Å². The van der Waals surface area contributed by atoms with E-state index >= 15 is 0 Å². The minimum absolute atomic E-state index is 0.166. The fraction of sp³-hybridized carbons (Fsp3) is 0.440. The van der Waals surface area contributed by atoms with E-state index in [4.69, 9.17) is 4.74 Å². The highest BCUT2D eigenvalue weighted by molar-refractivity contribution is 6.05. The van der Waals surface area contributed by atoms with Crippen molar-refractivity contribution in [1.82, 2.24) is 19.4 Å². The van der Waals surface area contributed by atoms with Crippen LogP contribution in [-0.4, -0.2) is 45.5 Å². The van der Waals surface area contributed by atoms with Crippen LogP contribution in [0.15, 0.2) is 33.9 Å². The maximum Gasteiger partial charge on any atom is 0.329 e. The Balaban J connectivity index is 1.64. The van der Waals surface area contributed by atoms with Crippen LogP contribution in [0.1, 0.15) is 59.3 Å². The molecule has 0 bridgehead atoms. The van der Waals surface area contributed by atoms with E-state index in [0.717, 1.165) is 35.4 Å². The van der Waals surface area contributed by atoms with Crippen LogP contribution in [0.3, 0.4) is 0 Å². The average molecular weight is 451 g/mol. The molecule has 0 radical (unpaired) electrons. The van der Waals surface area contributed by atoms with Crippen molar-refractivity contribution in [1.29, 1.82) is 0 Å². The zero-order valence-corrected chi connectivity index (χ0v) is 19.6. The minimum Gasteiger partial charge on any atom is -0.492 e. The van der Waals surface area contributed by atoms with Gasteiger partial charge in [-0.3, -0.25) is 19.1 Å². The second-order valence-corrected chi connectivity index (χ2v) is 8.88. The molecule has 1 amide bonds. The zero-order chi connectivity index (χ0) is 23.7. The first kappa shape index (κ1) is 22.8. The lowest BCUT2D eigenvalue weighted by Gasteiger charge is -2.19. The lowest BCUT2D eigenvalue weighted by atomic mass is 10.1. The van der Waals surface area contributed by atoms with Gasteiger partial charge in [0.15, 0.2) is 5.65 Å². The molecular formula is C25H30N4O4. The summed E-state index contributed by atoms with van der Waals surface area (Å²) in [6.07, 6.45) is 2.69. The third-order valence-corrected chi connectivity index (χ3v) is 5.88. The average Bonchev–Trinajstić information content (AvgIpc) is 3.60. The van der Waals surface area contributed by atoms with Crippen LogP contribution < -0.4 is 16.0 Å². The molecule has 1 N–H and O–H groups in total. The molecule has 2 heterocycles. The normalized spacial score (nSPS) is 13.3. The van der Waals surface area contributed by atoms with Crippen LogP contribution >= 0.6 is 0 Å².